The van der Waals surface area contributed by atoms with E-state index in [2.05, 4.69) is 61.5 Å². The summed E-state index contributed by atoms with van der Waals surface area (Å²) in [6, 6.07) is 14.7. The Bertz CT molecular complexity index is 601. The van der Waals surface area contributed by atoms with Crippen molar-refractivity contribution in [2.24, 2.45) is 0 Å². The van der Waals surface area contributed by atoms with Crippen molar-refractivity contribution < 1.29 is 50.7 Å². The maximum absolute atomic E-state index is 3.44. The molecule has 0 spiro atoms. The molecule has 0 aromatic heterocycles. The first kappa shape index (κ1) is 22.2. The minimum absolute atomic E-state index is 0. The third kappa shape index (κ3) is 5.10. The minimum Gasteiger partial charge on any atom is -1.00 e. The van der Waals surface area contributed by atoms with Crippen molar-refractivity contribution in [1.82, 2.24) is 0 Å². The first-order valence-electron chi connectivity index (χ1n) is 7.04. The Kier molecular flexibility index (Phi) is 11.0. The first-order chi connectivity index (χ1) is 9.38. The van der Waals surface area contributed by atoms with Gasteiger partial charge in [0.15, 0.2) is 0 Å². The molecule has 1 fully saturated rings. The number of benzene rings is 1. The molecule has 2 aromatic carbocycles. The Hall–Kier alpha value is 0.190. The second-order valence-corrected chi connectivity index (χ2v) is 7.33. The second kappa shape index (κ2) is 10.9. The molecule has 4 heteroatoms. The van der Waals surface area contributed by atoms with E-state index in [1.54, 1.807) is 10.9 Å². The average Bonchev–Trinajstić information content (AvgIpc) is 3.03. The van der Waals surface area contributed by atoms with Gasteiger partial charge in [-0.05, 0) is 6.16 Å². The van der Waals surface area contributed by atoms with Crippen molar-refractivity contribution in [2.75, 3.05) is 12.3 Å². The van der Waals surface area contributed by atoms with Crippen molar-refractivity contribution in [1.29, 1.82) is 0 Å². The SMILES string of the molecule is CCCP1CC2=CC[C-]=C21.[Cl-].[Cl-].[Hf+4].c1ccc2[cH-]ccc2c1. The quantitative estimate of drug-likeness (QED) is 0.287. The van der Waals surface area contributed by atoms with Gasteiger partial charge in [-0.25, -0.2) is 0 Å². The molecular weight excluding hydrogens is 497 g/mol. The second-order valence-electron chi connectivity index (χ2n) is 5.04. The zero-order valence-corrected chi connectivity index (χ0v) is 18.6. The van der Waals surface area contributed by atoms with Gasteiger partial charge in [-0.3, -0.25) is 6.08 Å². The predicted octanol–water partition coefficient (Wildman–Crippen LogP) is -0.527. The normalized spacial score (nSPS) is 17.2. The fourth-order valence-electron chi connectivity index (χ4n) is 2.66. The van der Waals surface area contributed by atoms with Crippen molar-refractivity contribution in [3.8, 4) is 0 Å². The van der Waals surface area contributed by atoms with Gasteiger partial charge in [0.05, 0.1) is 0 Å². The predicted molar refractivity (Wildman–Crippen MR) is 85.9 cm³/mol. The van der Waals surface area contributed by atoms with Crippen LogP contribution in [0.2, 0.25) is 0 Å². The summed E-state index contributed by atoms with van der Waals surface area (Å²) in [6.45, 7) is 2.28. The van der Waals surface area contributed by atoms with Gasteiger partial charge in [0, 0.05) is 0 Å². The van der Waals surface area contributed by atoms with E-state index in [9.17, 15) is 0 Å². The maximum Gasteiger partial charge on any atom is 4.00 e. The van der Waals surface area contributed by atoms with Gasteiger partial charge in [0.2, 0.25) is 0 Å². The molecule has 4 rings (SSSR count). The monoisotopic (exact) mass is 516 g/mol. The number of hydrogen-bond donors (Lipinski definition) is 0. The summed E-state index contributed by atoms with van der Waals surface area (Å²) >= 11 is 0. The molecule has 1 unspecified atom stereocenters. The van der Waals surface area contributed by atoms with E-state index in [-0.39, 0.29) is 50.7 Å². The summed E-state index contributed by atoms with van der Waals surface area (Å²) in [5.41, 5.74) is 1.62. The number of allylic oxidation sites excluding steroid dienone is 4. The molecule has 1 saturated heterocycles. The van der Waals surface area contributed by atoms with E-state index in [1.165, 1.54) is 29.5 Å². The molecule has 1 aliphatic heterocycles. The summed E-state index contributed by atoms with van der Waals surface area (Å²) < 4.78 is 0. The number of halogens is 2. The molecule has 0 N–H and O–H groups in total. The van der Waals surface area contributed by atoms with Gasteiger partial charge in [0.1, 0.15) is 0 Å². The Balaban J connectivity index is 0.000000354. The largest absolute Gasteiger partial charge is 4.00 e. The van der Waals surface area contributed by atoms with Gasteiger partial charge < -0.3 is 24.8 Å². The van der Waals surface area contributed by atoms with Crippen molar-refractivity contribution in [3.05, 3.63) is 65.5 Å². The van der Waals surface area contributed by atoms with Gasteiger partial charge >= 0.3 is 25.8 Å². The third-order valence-electron chi connectivity index (χ3n) is 3.64. The third-order valence-corrected chi connectivity index (χ3v) is 6.43. The Morgan fingerprint density at radius 3 is 2.64 bits per heavy atom. The van der Waals surface area contributed by atoms with Crippen LogP contribution in [-0.4, -0.2) is 12.3 Å². The van der Waals surface area contributed by atoms with Crippen LogP contribution in [-0.2, 0) is 25.8 Å². The maximum atomic E-state index is 3.44. The van der Waals surface area contributed by atoms with Crippen LogP contribution in [0.15, 0.2) is 59.4 Å². The Morgan fingerprint density at radius 2 is 1.95 bits per heavy atom. The molecule has 2 aliphatic rings. The van der Waals surface area contributed by atoms with Crippen molar-refractivity contribution in [3.63, 3.8) is 0 Å². The average molecular weight is 516 g/mol. The number of fused-ring (bicyclic) bond motifs is 2. The number of rotatable bonds is 2. The van der Waals surface area contributed by atoms with Crippen LogP contribution in [0.1, 0.15) is 19.8 Å². The molecule has 2 aromatic rings. The number of hydrogen-bond acceptors (Lipinski definition) is 0. The molecule has 0 nitrogen and oxygen atoms in total. The Morgan fingerprint density at radius 1 is 1.18 bits per heavy atom. The summed E-state index contributed by atoms with van der Waals surface area (Å²) in [7, 11) is 0.299. The van der Waals surface area contributed by atoms with Crippen LogP contribution < -0.4 is 24.8 Å². The molecule has 0 radical (unpaired) electrons. The Labute approximate surface area is 166 Å². The van der Waals surface area contributed by atoms with Crippen LogP contribution >= 0.6 is 7.92 Å². The summed E-state index contributed by atoms with van der Waals surface area (Å²) in [5.74, 6) is 0. The molecule has 1 heterocycles. The molecule has 1 atom stereocenters. The molecule has 0 amide bonds. The topological polar surface area (TPSA) is 0 Å². The molecule has 22 heavy (non-hydrogen) atoms. The fraction of sp³-hybridized carbons (Fsp3) is 0.278. The molecule has 0 bridgehead atoms. The van der Waals surface area contributed by atoms with Crippen LogP contribution in [0.25, 0.3) is 10.8 Å². The van der Waals surface area contributed by atoms with E-state index in [4.69, 9.17) is 0 Å². The van der Waals surface area contributed by atoms with E-state index < -0.39 is 0 Å². The summed E-state index contributed by atoms with van der Waals surface area (Å²) in [4.78, 5) is 0. The standard InChI is InChI=1S/C9H12P.C9H7.2ClH.Hf/c1-2-6-10-7-8-4-3-5-9(8)10;1-2-5-9-7-3-6-8(9)4-1;;;/h4H,2-3,6-7H2,1H3;1-7H;2*1H;/q2*-1;;;+4/p-2. The zero-order valence-electron chi connectivity index (χ0n) is 12.7. The van der Waals surface area contributed by atoms with E-state index in [0.717, 1.165) is 6.42 Å². The first-order valence-corrected chi connectivity index (χ1v) is 8.75. The van der Waals surface area contributed by atoms with Gasteiger partial charge in [-0.15, -0.1) is 44.0 Å². The summed E-state index contributed by atoms with van der Waals surface area (Å²) in [6.07, 6.45) is 11.1. The molecule has 114 valence electrons. The van der Waals surface area contributed by atoms with E-state index in [1.807, 2.05) is 0 Å². The van der Waals surface area contributed by atoms with Gasteiger partial charge in [-0.1, -0.05) is 25.6 Å². The van der Waals surface area contributed by atoms with Crippen molar-refractivity contribution in [2.45, 2.75) is 19.8 Å². The molecule has 1 aliphatic carbocycles. The van der Waals surface area contributed by atoms with Gasteiger partial charge in [0.25, 0.3) is 0 Å². The van der Waals surface area contributed by atoms with Gasteiger partial charge in [-0.2, -0.15) is 34.5 Å². The van der Waals surface area contributed by atoms with Crippen molar-refractivity contribution >= 4 is 18.7 Å². The van der Waals surface area contributed by atoms with Crippen LogP contribution in [0.4, 0.5) is 0 Å². The summed E-state index contributed by atoms with van der Waals surface area (Å²) in [5, 5.41) is 4.28. The molecule has 0 saturated carbocycles. The minimum atomic E-state index is 0. The fourth-order valence-corrected chi connectivity index (χ4v) is 5.06. The molecular formula is C18H19Cl2HfP. The van der Waals surface area contributed by atoms with Crippen LogP contribution in [0, 0.1) is 6.08 Å². The van der Waals surface area contributed by atoms with E-state index >= 15 is 0 Å². The van der Waals surface area contributed by atoms with Crippen LogP contribution in [0.3, 0.4) is 0 Å². The van der Waals surface area contributed by atoms with Crippen LogP contribution in [0.5, 0.6) is 0 Å². The van der Waals surface area contributed by atoms with E-state index in [0.29, 0.717) is 7.92 Å². The zero-order chi connectivity index (χ0) is 13.1. The smallest absolute Gasteiger partial charge is 1.00 e.